The summed E-state index contributed by atoms with van der Waals surface area (Å²) >= 11 is 0. The highest BCUT2D eigenvalue weighted by Gasteiger charge is 2.27. The number of carbonyl (C=O) groups excluding carboxylic acids is 1. The van der Waals surface area contributed by atoms with Gasteiger partial charge in [0, 0.05) is 18.0 Å². The summed E-state index contributed by atoms with van der Waals surface area (Å²) < 4.78 is 5.71. The van der Waals surface area contributed by atoms with Crippen LogP contribution in [-0.4, -0.2) is 15.9 Å². The lowest BCUT2D eigenvalue weighted by molar-refractivity contribution is -0.140. The van der Waals surface area contributed by atoms with Crippen molar-refractivity contribution in [3.8, 4) is 17.1 Å². The molecule has 4 nitrogen and oxygen atoms in total. The van der Waals surface area contributed by atoms with E-state index in [1.807, 2.05) is 42.7 Å². The van der Waals surface area contributed by atoms with E-state index in [1.165, 1.54) is 69.8 Å². The third-order valence-electron chi connectivity index (χ3n) is 7.56. The molecule has 0 atom stereocenters. The van der Waals surface area contributed by atoms with Gasteiger partial charge in [-0.2, -0.15) is 0 Å². The number of hydrogen-bond donors (Lipinski definition) is 0. The minimum atomic E-state index is -0.0844. The van der Waals surface area contributed by atoms with Crippen molar-refractivity contribution < 1.29 is 9.53 Å². The fraction of sp³-hybridized carbons (Fsp3) is 0.594. The van der Waals surface area contributed by atoms with Crippen molar-refractivity contribution in [1.29, 1.82) is 0 Å². The molecule has 0 bridgehead atoms. The number of hydrogen-bond acceptors (Lipinski definition) is 4. The van der Waals surface area contributed by atoms with Crippen LogP contribution in [0.25, 0.3) is 11.4 Å². The first-order valence-corrected chi connectivity index (χ1v) is 14.4. The summed E-state index contributed by atoms with van der Waals surface area (Å²) in [5.41, 5.74) is 2.14. The summed E-state index contributed by atoms with van der Waals surface area (Å²) in [6.45, 7) is 6.05. The van der Waals surface area contributed by atoms with Crippen LogP contribution >= 0.6 is 0 Å². The summed E-state index contributed by atoms with van der Waals surface area (Å²) in [6.07, 6.45) is 25.2. The van der Waals surface area contributed by atoms with Crippen LogP contribution in [0.15, 0.2) is 49.3 Å². The van der Waals surface area contributed by atoms with Crippen LogP contribution in [0.1, 0.15) is 109 Å². The van der Waals surface area contributed by atoms with Gasteiger partial charge < -0.3 is 4.74 Å². The Hall–Kier alpha value is -2.49. The van der Waals surface area contributed by atoms with E-state index in [4.69, 9.17) is 4.74 Å². The van der Waals surface area contributed by atoms with Gasteiger partial charge in [0.15, 0.2) is 5.82 Å². The van der Waals surface area contributed by atoms with Gasteiger partial charge in [-0.05, 0) is 87.1 Å². The number of esters is 1. The molecule has 3 rings (SSSR count). The van der Waals surface area contributed by atoms with Crippen LogP contribution < -0.4 is 4.74 Å². The zero-order valence-electron chi connectivity index (χ0n) is 22.4. The SMILES string of the molecule is C=CCCCC[C@H]1CC[C@H](C(=O)Oc2ccc(-c3ncc(CCCCCCCCC)cn3)cc2)CC1. The average molecular weight is 491 g/mol. The van der Waals surface area contributed by atoms with Gasteiger partial charge in [-0.15, -0.1) is 6.58 Å². The predicted octanol–water partition coefficient (Wildman–Crippen LogP) is 8.89. The van der Waals surface area contributed by atoms with E-state index in [0.717, 1.165) is 50.0 Å². The monoisotopic (exact) mass is 490 g/mol. The number of aryl methyl sites for hydroxylation is 1. The summed E-state index contributed by atoms with van der Waals surface area (Å²) in [4.78, 5) is 21.8. The van der Waals surface area contributed by atoms with Crippen molar-refractivity contribution in [2.45, 2.75) is 110 Å². The van der Waals surface area contributed by atoms with Gasteiger partial charge in [0.25, 0.3) is 0 Å². The molecule has 0 saturated heterocycles. The third kappa shape index (κ3) is 9.87. The van der Waals surface area contributed by atoms with E-state index in [2.05, 4.69) is 23.5 Å². The maximum atomic E-state index is 12.7. The Labute approximate surface area is 219 Å². The second-order valence-electron chi connectivity index (χ2n) is 10.5. The van der Waals surface area contributed by atoms with Gasteiger partial charge in [-0.1, -0.05) is 64.4 Å². The minimum absolute atomic E-state index is 0.0290. The second kappa shape index (κ2) is 16.3. The van der Waals surface area contributed by atoms with Crippen LogP contribution in [0.5, 0.6) is 5.75 Å². The molecule has 1 heterocycles. The molecule has 1 saturated carbocycles. The number of unbranched alkanes of at least 4 members (excludes halogenated alkanes) is 8. The fourth-order valence-corrected chi connectivity index (χ4v) is 5.20. The third-order valence-corrected chi connectivity index (χ3v) is 7.56. The second-order valence-corrected chi connectivity index (χ2v) is 10.5. The number of aromatic nitrogens is 2. The van der Waals surface area contributed by atoms with Crippen molar-refractivity contribution in [3.63, 3.8) is 0 Å². The van der Waals surface area contributed by atoms with Gasteiger partial charge in [-0.25, -0.2) is 9.97 Å². The largest absolute Gasteiger partial charge is 0.426 e. The molecule has 0 radical (unpaired) electrons. The predicted molar refractivity (Wildman–Crippen MR) is 149 cm³/mol. The first-order chi connectivity index (χ1) is 17.7. The average Bonchev–Trinajstić information content (AvgIpc) is 2.92. The quantitative estimate of drug-likeness (QED) is 0.102. The van der Waals surface area contributed by atoms with E-state index in [0.29, 0.717) is 11.6 Å². The lowest BCUT2D eigenvalue weighted by Crippen LogP contribution is -2.25. The Balaban J connectivity index is 1.37. The molecule has 0 aliphatic heterocycles. The molecule has 0 spiro atoms. The Morgan fingerprint density at radius 3 is 2.25 bits per heavy atom. The molecule has 0 N–H and O–H groups in total. The highest BCUT2D eigenvalue weighted by Crippen LogP contribution is 2.33. The molecule has 1 aliphatic rings. The highest BCUT2D eigenvalue weighted by molar-refractivity contribution is 5.75. The van der Waals surface area contributed by atoms with Crippen LogP contribution in [0, 0.1) is 11.8 Å². The number of benzene rings is 1. The smallest absolute Gasteiger partial charge is 0.314 e. The lowest BCUT2D eigenvalue weighted by atomic mass is 9.80. The highest BCUT2D eigenvalue weighted by atomic mass is 16.5. The molecule has 1 aromatic heterocycles. The van der Waals surface area contributed by atoms with E-state index < -0.39 is 0 Å². The van der Waals surface area contributed by atoms with Crippen LogP contribution in [0.4, 0.5) is 0 Å². The van der Waals surface area contributed by atoms with E-state index in [1.54, 1.807) is 0 Å². The van der Waals surface area contributed by atoms with E-state index in [9.17, 15) is 4.79 Å². The maximum Gasteiger partial charge on any atom is 0.314 e. The maximum absolute atomic E-state index is 12.7. The van der Waals surface area contributed by atoms with Crippen molar-refractivity contribution in [2.24, 2.45) is 11.8 Å². The molecule has 4 heteroatoms. The summed E-state index contributed by atoms with van der Waals surface area (Å²) in [5.74, 6) is 2.02. The Bertz CT molecular complexity index is 883. The number of allylic oxidation sites excluding steroid dienone is 1. The van der Waals surface area contributed by atoms with Gasteiger partial charge in [0.2, 0.25) is 0 Å². The number of nitrogens with zero attached hydrogens (tertiary/aromatic N) is 2. The molecule has 36 heavy (non-hydrogen) atoms. The molecule has 0 amide bonds. The fourth-order valence-electron chi connectivity index (χ4n) is 5.20. The first-order valence-electron chi connectivity index (χ1n) is 14.4. The van der Waals surface area contributed by atoms with Crippen molar-refractivity contribution >= 4 is 5.97 Å². The summed E-state index contributed by atoms with van der Waals surface area (Å²) in [5, 5.41) is 0. The summed E-state index contributed by atoms with van der Waals surface area (Å²) in [7, 11) is 0. The molecular formula is C32H46N2O2. The lowest BCUT2D eigenvalue weighted by Gasteiger charge is -2.27. The Morgan fingerprint density at radius 2 is 1.58 bits per heavy atom. The van der Waals surface area contributed by atoms with Crippen LogP contribution in [-0.2, 0) is 11.2 Å². The normalized spacial score (nSPS) is 17.6. The van der Waals surface area contributed by atoms with Gasteiger partial charge >= 0.3 is 5.97 Å². The molecule has 1 aromatic carbocycles. The van der Waals surface area contributed by atoms with Crippen LogP contribution in [0.3, 0.4) is 0 Å². The molecule has 2 aromatic rings. The van der Waals surface area contributed by atoms with Gasteiger partial charge in [0.1, 0.15) is 5.75 Å². The van der Waals surface area contributed by atoms with Gasteiger partial charge in [-0.3, -0.25) is 4.79 Å². The molecule has 1 aliphatic carbocycles. The van der Waals surface area contributed by atoms with E-state index >= 15 is 0 Å². The van der Waals surface area contributed by atoms with E-state index in [-0.39, 0.29) is 11.9 Å². The molecular weight excluding hydrogens is 444 g/mol. The number of rotatable bonds is 16. The molecule has 0 unspecified atom stereocenters. The topological polar surface area (TPSA) is 52.1 Å². The van der Waals surface area contributed by atoms with Gasteiger partial charge in [0.05, 0.1) is 5.92 Å². The van der Waals surface area contributed by atoms with Crippen molar-refractivity contribution in [3.05, 3.63) is 54.9 Å². The number of carbonyl (C=O) groups is 1. The molecule has 1 fully saturated rings. The Morgan fingerprint density at radius 1 is 0.917 bits per heavy atom. The zero-order valence-corrected chi connectivity index (χ0v) is 22.4. The van der Waals surface area contributed by atoms with Crippen LogP contribution in [0.2, 0.25) is 0 Å². The summed E-state index contributed by atoms with van der Waals surface area (Å²) in [6, 6.07) is 7.59. The first kappa shape index (κ1) is 28.1. The number of ether oxygens (including phenoxy) is 1. The van der Waals surface area contributed by atoms with Crippen molar-refractivity contribution in [1.82, 2.24) is 9.97 Å². The van der Waals surface area contributed by atoms with Crippen molar-refractivity contribution in [2.75, 3.05) is 0 Å². The minimum Gasteiger partial charge on any atom is -0.426 e. The Kier molecular flexibility index (Phi) is 12.7. The standard InChI is InChI=1S/C32H46N2O2/c1-3-5-7-9-10-11-13-15-27-24-33-31(34-25-27)28-20-22-30(23-21-28)36-32(35)29-18-16-26(17-19-29)14-12-8-6-4-2/h4,20-26,29H,2-3,5-19H2,1H3/t26-,29-. The molecule has 196 valence electrons. The zero-order chi connectivity index (χ0) is 25.4.